The van der Waals surface area contributed by atoms with Crippen molar-refractivity contribution in [3.05, 3.63) is 81.4 Å². The number of nitrogens with one attached hydrogen (secondary N) is 1. The second-order valence-electron chi connectivity index (χ2n) is 6.91. The lowest BCUT2D eigenvalue weighted by molar-refractivity contribution is -0.116. The van der Waals surface area contributed by atoms with Crippen LogP contribution < -0.4 is 10.9 Å². The fourth-order valence-corrected chi connectivity index (χ4v) is 3.30. The van der Waals surface area contributed by atoms with Crippen LogP contribution in [0.4, 0.5) is 5.69 Å². The summed E-state index contributed by atoms with van der Waals surface area (Å²) in [6.45, 7) is 1.54. The standard InChI is InChI=1S/C21H17ClN6O3/c1-13(29)15-5-3-7-17(9-15)24-18(30)11-27-12-23-20-19(21(27)31)25-26-28(20)10-14-4-2-6-16(22)8-14/h2-9,12H,10-11H2,1H3,(H,24,30). The topological polar surface area (TPSA) is 112 Å². The Morgan fingerprint density at radius 1 is 1.13 bits per heavy atom. The van der Waals surface area contributed by atoms with Crippen LogP contribution in [0.5, 0.6) is 0 Å². The van der Waals surface area contributed by atoms with Gasteiger partial charge in [0.05, 0.1) is 6.54 Å². The molecule has 0 aliphatic carbocycles. The zero-order chi connectivity index (χ0) is 22.0. The van der Waals surface area contributed by atoms with Crippen LogP contribution >= 0.6 is 11.6 Å². The van der Waals surface area contributed by atoms with Crippen LogP contribution in [0.3, 0.4) is 0 Å². The van der Waals surface area contributed by atoms with E-state index in [1.807, 2.05) is 12.1 Å². The molecule has 0 atom stereocenters. The summed E-state index contributed by atoms with van der Waals surface area (Å²) >= 11 is 6.01. The summed E-state index contributed by atoms with van der Waals surface area (Å²) in [5.41, 5.74) is 1.74. The molecular weight excluding hydrogens is 420 g/mol. The quantitative estimate of drug-likeness (QED) is 0.465. The summed E-state index contributed by atoms with van der Waals surface area (Å²) < 4.78 is 2.66. The molecule has 2 aromatic heterocycles. The Morgan fingerprint density at radius 2 is 1.94 bits per heavy atom. The fraction of sp³-hybridized carbons (Fsp3) is 0.143. The third kappa shape index (κ3) is 4.51. The number of anilines is 1. The maximum atomic E-state index is 12.7. The SMILES string of the molecule is CC(=O)c1cccc(NC(=O)Cn2cnc3c(nnn3Cc3cccc(Cl)c3)c2=O)c1. The van der Waals surface area contributed by atoms with Crippen molar-refractivity contribution in [2.45, 2.75) is 20.0 Å². The van der Waals surface area contributed by atoms with E-state index in [0.717, 1.165) is 10.1 Å². The highest BCUT2D eigenvalue weighted by Gasteiger charge is 2.14. The number of amides is 1. The number of benzene rings is 2. The number of ketones is 1. The Kier molecular flexibility index (Phi) is 5.59. The van der Waals surface area contributed by atoms with Crippen LogP contribution in [0.2, 0.25) is 5.02 Å². The highest BCUT2D eigenvalue weighted by molar-refractivity contribution is 6.30. The van der Waals surface area contributed by atoms with Gasteiger partial charge < -0.3 is 5.32 Å². The number of nitrogens with zero attached hydrogens (tertiary/aromatic N) is 5. The number of halogens is 1. The van der Waals surface area contributed by atoms with Crippen LogP contribution in [0, 0.1) is 0 Å². The van der Waals surface area contributed by atoms with Crippen LogP contribution in [-0.4, -0.2) is 36.2 Å². The van der Waals surface area contributed by atoms with E-state index < -0.39 is 11.5 Å². The number of Topliss-reactive ketones (excluding diaryl/α,β-unsaturated/α-hetero) is 1. The number of hydrogen-bond donors (Lipinski definition) is 1. The molecule has 0 unspecified atom stereocenters. The third-order valence-electron chi connectivity index (χ3n) is 4.58. The van der Waals surface area contributed by atoms with Gasteiger partial charge in [0.15, 0.2) is 16.9 Å². The first-order valence-electron chi connectivity index (χ1n) is 9.34. The normalized spacial score (nSPS) is 10.9. The molecule has 31 heavy (non-hydrogen) atoms. The molecule has 9 nitrogen and oxygen atoms in total. The predicted octanol–water partition coefficient (Wildman–Crippen LogP) is 2.53. The third-order valence-corrected chi connectivity index (χ3v) is 4.82. The molecule has 0 fully saturated rings. The van der Waals surface area contributed by atoms with Crippen LogP contribution in [-0.2, 0) is 17.9 Å². The van der Waals surface area contributed by atoms with Crippen molar-refractivity contribution in [2.24, 2.45) is 0 Å². The molecule has 0 saturated heterocycles. The Morgan fingerprint density at radius 3 is 2.71 bits per heavy atom. The molecule has 0 aliphatic heterocycles. The van der Waals surface area contributed by atoms with Crippen molar-refractivity contribution in [1.29, 1.82) is 0 Å². The molecule has 2 heterocycles. The Labute approximate surface area is 181 Å². The molecule has 4 rings (SSSR count). The van der Waals surface area contributed by atoms with Gasteiger partial charge in [-0.2, -0.15) is 0 Å². The number of carbonyl (C=O) groups is 2. The van der Waals surface area contributed by atoms with Gasteiger partial charge in [0.25, 0.3) is 5.56 Å². The average molecular weight is 437 g/mol. The van der Waals surface area contributed by atoms with Crippen LogP contribution in [0.25, 0.3) is 11.2 Å². The largest absolute Gasteiger partial charge is 0.325 e. The van der Waals surface area contributed by atoms with Gasteiger partial charge in [-0.05, 0) is 36.8 Å². The summed E-state index contributed by atoms with van der Waals surface area (Å²) in [7, 11) is 0. The van der Waals surface area contributed by atoms with E-state index >= 15 is 0 Å². The van der Waals surface area contributed by atoms with E-state index in [1.165, 1.54) is 17.9 Å². The first-order valence-corrected chi connectivity index (χ1v) is 9.72. The van der Waals surface area contributed by atoms with E-state index in [0.29, 0.717) is 28.5 Å². The monoisotopic (exact) mass is 436 g/mol. The Hall–Kier alpha value is -3.85. The molecule has 0 saturated carbocycles. The van der Waals surface area contributed by atoms with Gasteiger partial charge in [0, 0.05) is 16.3 Å². The Bertz CT molecular complexity index is 1360. The second-order valence-corrected chi connectivity index (χ2v) is 7.35. The summed E-state index contributed by atoms with van der Waals surface area (Å²) in [4.78, 5) is 40.9. The molecule has 4 aromatic rings. The minimum atomic E-state index is -0.477. The summed E-state index contributed by atoms with van der Waals surface area (Å²) in [5, 5.41) is 11.2. The van der Waals surface area contributed by atoms with E-state index in [4.69, 9.17) is 11.6 Å². The first kappa shape index (κ1) is 20.4. The molecule has 0 radical (unpaired) electrons. The lowest BCUT2D eigenvalue weighted by Crippen LogP contribution is -2.28. The van der Waals surface area contributed by atoms with Gasteiger partial charge in [-0.15, -0.1) is 5.10 Å². The number of aromatic nitrogens is 5. The van der Waals surface area contributed by atoms with Crippen molar-refractivity contribution in [1.82, 2.24) is 24.5 Å². The van der Waals surface area contributed by atoms with Crippen molar-refractivity contribution < 1.29 is 9.59 Å². The lowest BCUT2D eigenvalue weighted by Gasteiger charge is -2.08. The molecule has 0 bridgehead atoms. The molecular formula is C21H17ClN6O3. The van der Waals surface area contributed by atoms with Crippen LogP contribution in [0.1, 0.15) is 22.8 Å². The minimum Gasteiger partial charge on any atom is -0.325 e. The molecule has 1 N–H and O–H groups in total. The van der Waals surface area contributed by atoms with Crippen molar-refractivity contribution in [3.63, 3.8) is 0 Å². The second kappa shape index (κ2) is 8.49. The first-order chi connectivity index (χ1) is 14.9. The van der Waals surface area contributed by atoms with Crippen molar-refractivity contribution in [2.75, 3.05) is 5.32 Å². The molecule has 1 amide bonds. The van der Waals surface area contributed by atoms with Gasteiger partial charge in [-0.25, -0.2) is 9.67 Å². The zero-order valence-corrected chi connectivity index (χ0v) is 17.2. The fourth-order valence-electron chi connectivity index (χ4n) is 3.09. The number of hydrogen-bond acceptors (Lipinski definition) is 6. The number of carbonyl (C=O) groups excluding carboxylic acids is 2. The molecule has 2 aromatic carbocycles. The van der Waals surface area contributed by atoms with E-state index in [1.54, 1.807) is 36.4 Å². The highest BCUT2D eigenvalue weighted by atomic mass is 35.5. The van der Waals surface area contributed by atoms with Gasteiger partial charge in [0.1, 0.15) is 12.9 Å². The van der Waals surface area contributed by atoms with E-state index in [9.17, 15) is 14.4 Å². The minimum absolute atomic E-state index is 0.0657. The lowest BCUT2D eigenvalue weighted by atomic mass is 10.1. The predicted molar refractivity (Wildman–Crippen MR) is 115 cm³/mol. The Balaban J connectivity index is 1.53. The van der Waals surface area contributed by atoms with E-state index in [-0.39, 0.29) is 17.8 Å². The van der Waals surface area contributed by atoms with E-state index in [2.05, 4.69) is 20.6 Å². The van der Waals surface area contributed by atoms with Gasteiger partial charge in [-0.1, -0.05) is 41.1 Å². The molecule has 10 heteroatoms. The van der Waals surface area contributed by atoms with Gasteiger partial charge >= 0.3 is 0 Å². The van der Waals surface area contributed by atoms with Crippen molar-refractivity contribution in [3.8, 4) is 0 Å². The number of fused-ring (bicyclic) bond motifs is 1. The molecule has 0 aliphatic rings. The van der Waals surface area contributed by atoms with Crippen LogP contribution in [0.15, 0.2) is 59.7 Å². The maximum Gasteiger partial charge on any atom is 0.283 e. The maximum absolute atomic E-state index is 12.7. The van der Waals surface area contributed by atoms with Crippen molar-refractivity contribution >= 4 is 40.1 Å². The summed E-state index contributed by atoms with van der Waals surface area (Å²) in [6.07, 6.45) is 1.29. The average Bonchev–Trinajstić information content (AvgIpc) is 3.13. The van der Waals surface area contributed by atoms with Gasteiger partial charge in [-0.3, -0.25) is 19.0 Å². The van der Waals surface area contributed by atoms with Gasteiger partial charge in [0.2, 0.25) is 5.91 Å². The number of rotatable bonds is 6. The zero-order valence-electron chi connectivity index (χ0n) is 16.4. The smallest absolute Gasteiger partial charge is 0.283 e. The highest BCUT2D eigenvalue weighted by Crippen LogP contribution is 2.14. The summed E-state index contributed by atoms with van der Waals surface area (Å²) in [5.74, 6) is -0.543. The summed E-state index contributed by atoms with van der Waals surface area (Å²) in [6, 6.07) is 13.8. The molecule has 156 valence electrons. The molecule has 0 spiro atoms.